The van der Waals surface area contributed by atoms with Crippen molar-refractivity contribution in [2.24, 2.45) is 10.2 Å². The maximum absolute atomic E-state index is 11.9. The van der Waals surface area contributed by atoms with Crippen molar-refractivity contribution in [1.82, 2.24) is 0 Å². The zero-order valence-electron chi connectivity index (χ0n) is 16.8. The van der Waals surface area contributed by atoms with Gasteiger partial charge in [-0.15, -0.1) is 10.2 Å². The van der Waals surface area contributed by atoms with Gasteiger partial charge in [0.25, 0.3) is 0 Å². The monoisotopic (exact) mass is 406 g/mol. The fraction of sp³-hybridized carbons (Fsp3) is 0.0385. The molecule has 3 aromatic carbocycles. The molecule has 0 amide bonds. The molecule has 3 aromatic rings. The number of carbonyl (C=O) groups is 1. The van der Waals surface area contributed by atoms with Crippen LogP contribution in [0.4, 0.5) is 0 Å². The number of allylic oxidation sites excluding steroid dienone is 1. The minimum absolute atomic E-state index is 0.301. The lowest BCUT2D eigenvalue weighted by Crippen LogP contribution is -2.03. The number of fused-ring (bicyclic) bond motifs is 3. The number of carbonyl (C=O) groups excluding carboxylic acids is 1. The van der Waals surface area contributed by atoms with E-state index in [1.54, 1.807) is 6.08 Å². The Bertz CT molecular complexity index is 1250. The van der Waals surface area contributed by atoms with Gasteiger partial charge in [-0.25, -0.2) is 4.79 Å². The smallest absolute Gasteiger partial charge is 0.334 e. The van der Waals surface area contributed by atoms with Crippen molar-refractivity contribution in [1.29, 1.82) is 0 Å². The first kappa shape index (κ1) is 18.8. The van der Waals surface area contributed by atoms with Gasteiger partial charge >= 0.3 is 5.97 Å². The van der Waals surface area contributed by atoms with Crippen LogP contribution in [0.25, 0.3) is 16.9 Å². The van der Waals surface area contributed by atoms with E-state index in [0.717, 1.165) is 33.5 Å². The Kier molecular flexibility index (Phi) is 4.77. The van der Waals surface area contributed by atoms with Crippen molar-refractivity contribution in [2.45, 2.75) is 0 Å². The normalized spacial score (nSPS) is 16.5. The summed E-state index contributed by atoms with van der Waals surface area (Å²) in [5, 5.41) is 9.06. The summed E-state index contributed by atoms with van der Waals surface area (Å²) >= 11 is 0. The Morgan fingerprint density at radius 3 is 2.00 bits per heavy atom. The summed E-state index contributed by atoms with van der Waals surface area (Å²) in [4.78, 5) is 11.9. The zero-order valence-corrected chi connectivity index (χ0v) is 16.8. The third-order valence-corrected chi connectivity index (χ3v) is 5.16. The number of methoxy groups -OCH3 is 1. The highest BCUT2D eigenvalue weighted by molar-refractivity contribution is 6.25. The van der Waals surface area contributed by atoms with Gasteiger partial charge in [0.05, 0.1) is 13.2 Å². The van der Waals surface area contributed by atoms with Crippen LogP contribution in [0.5, 0.6) is 0 Å². The van der Waals surface area contributed by atoms with Crippen LogP contribution in [0.1, 0.15) is 16.7 Å². The van der Waals surface area contributed by atoms with E-state index >= 15 is 0 Å². The molecule has 1 aliphatic carbocycles. The highest BCUT2D eigenvalue weighted by Gasteiger charge is 2.25. The van der Waals surface area contributed by atoms with Crippen LogP contribution >= 0.6 is 0 Å². The van der Waals surface area contributed by atoms with Crippen LogP contribution in [-0.2, 0) is 14.3 Å². The SMILES string of the molecule is COC(=O)C=C1OC(c2ccccc2)=CC1=NN=C1c2ccccc2-c2ccccc21. The standard InChI is InChI=1S/C26H18N2O3/c1-30-25(29)16-24-22(15-23(31-24)17-9-3-2-4-10-17)27-28-26-20-13-7-5-11-18(20)19-12-6-8-14-21(19)26/h2-16H,1H3. The second-order valence-electron chi connectivity index (χ2n) is 7.03. The fourth-order valence-corrected chi connectivity index (χ4v) is 3.69. The number of nitrogens with zero attached hydrogens (tertiary/aromatic N) is 2. The van der Waals surface area contributed by atoms with Crippen molar-refractivity contribution >= 4 is 23.2 Å². The van der Waals surface area contributed by atoms with E-state index in [9.17, 15) is 4.79 Å². The van der Waals surface area contributed by atoms with Crippen molar-refractivity contribution < 1.29 is 14.3 Å². The largest absolute Gasteiger partial charge is 0.466 e. The second kappa shape index (κ2) is 7.88. The summed E-state index contributed by atoms with van der Waals surface area (Å²) in [6, 6.07) is 25.9. The lowest BCUT2D eigenvalue weighted by atomic mass is 10.1. The number of esters is 1. The summed E-state index contributed by atoms with van der Waals surface area (Å²) in [5.41, 5.74) is 6.44. The summed E-state index contributed by atoms with van der Waals surface area (Å²) in [6.07, 6.45) is 3.06. The van der Waals surface area contributed by atoms with Gasteiger partial charge < -0.3 is 9.47 Å². The van der Waals surface area contributed by atoms with Crippen LogP contribution < -0.4 is 0 Å². The molecule has 0 unspecified atom stereocenters. The minimum Gasteiger partial charge on any atom is -0.466 e. The van der Waals surface area contributed by atoms with Gasteiger partial charge in [0, 0.05) is 22.8 Å². The van der Waals surface area contributed by atoms with Gasteiger partial charge in [0.1, 0.15) is 17.2 Å². The molecule has 0 fully saturated rings. The highest BCUT2D eigenvalue weighted by atomic mass is 16.5. The Balaban J connectivity index is 1.61. The number of rotatable bonds is 3. The summed E-state index contributed by atoms with van der Waals surface area (Å²) < 4.78 is 10.7. The molecule has 31 heavy (non-hydrogen) atoms. The van der Waals surface area contributed by atoms with Crippen LogP contribution in [0, 0.1) is 0 Å². The van der Waals surface area contributed by atoms with Crippen molar-refractivity contribution in [3.63, 3.8) is 0 Å². The molecule has 0 saturated carbocycles. The molecule has 0 N–H and O–H groups in total. The molecule has 5 nitrogen and oxygen atoms in total. The van der Waals surface area contributed by atoms with Gasteiger partial charge in [-0.2, -0.15) is 0 Å². The summed E-state index contributed by atoms with van der Waals surface area (Å²) in [6.45, 7) is 0. The zero-order chi connectivity index (χ0) is 21.2. The van der Waals surface area contributed by atoms with Gasteiger partial charge in [-0.1, -0.05) is 78.9 Å². The first-order chi connectivity index (χ1) is 15.2. The Hall–Kier alpha value is -4.25. The Morgan fingerprint density at radius 1 is 0.806 bits per heavy atom. The van der Waals surface area contributed by atoms with Crippen LogP contribution in [0.15, 0.2) is 107 Å². The molecule has 150 valence electrons. The molecular weight excluding hydrogens is 388 g/mol. The third kappa shape index (κ3) is 3.46. The molecule has 1 aliphatic heterocycles. The quantitative estimate of drug-likeness (QED) is 0.274. The number of hydrogen-bond donors (Lipinski definition) is 0. The van der Waals surface area contributed by atoms with Crippen LogP contribution in [0.2, 0.25) is 0 Å². The first-order valence-electron chi connectivity index (χ1n) is 9.84. The van der Waals surface area contributed by atoms with E-state index in [2.05, 4.69) is 22.3 Å². The highest BCUT2D eigenvalue weighted by Crippen LogP contribution is 2.37. The van der Waals surface area contributed by atoms with Crippen LogP contribution in [-0.4, -0.2) is 24.5 Å². The summed E-state index contributed by atoms with van der Waals surface area (Å²) in [5.74, 6) is 0.381. The average molecular weight is 406 g/mol. The van der Waals surface area contributed by atoms with E-state index in [0.29, 0.717) is 17.2 Å². The van der Waals surface area contributed by atoms with Crippen molar-refractivity contribution in [2.75, 3.05) is 7.11 Å². The Labute approximate surface area is 179 Å². The molecule has 0 bridgehead atoms. The van der Waals surface area contributed by atoms with Crippen molar-refractivity contribution in [3.8, 4) is 11.1 Å². The molecule has 2 aliphatic rings. The summed E-state index contributed by atoms with van der Waals surface area (Å²) in [7, 11) is 1.32. The lowest BCUT2D eigenvalue weighted by Gasteiger charge is -2.04. The maximum atomic E-state index is 11.9. The number of hydrogen-bond acceptors (Lipinski definition) is 5. The molecule has 1 heterocycles. The van der Waals surface area contributed by atoms with Gasteiger partial charge in [-0.3, -0.25) is 0 Å². The molecule has 5 rings (SSSR count). The predicted octanol–water partition coefficient (Wildman–Crippen LogP) is 4.99. The topological polar surface area (TPSA) is 60.2 Å². The molecule has 5 heteroatoms. The lowest BCUT2D eigenvalue weighted by molar-refractivity contribution is -0.134. The van der Waals surface area contributed by atoms with Crippen LogP contribution in [0.3, 0.4) is 0 Å². The second-order valence-corrected chi connectivity index (χ2v) is 7.03. The fourth-order valence-electron chi connectivity index (χ4n) is 3.69. The molecule has 0 atom stereocenters. The number of ether oxygens (including phenoxy) is 2. The average Bonchev–Trinajstić information content (AvgIpc) is 3.37. The van der Waals surface area contributed by atoms with E-state index in [1.165, 1.54) is 13.2 Å². The Morgan fingerprint density at radius 2 is 1.39 bits per heavy atom. The van der Waals surface area contributed by atoms with E-state index < -0.39 is 5.97 Å². The van der Waals surface area contributed by atoms with Gasteiger partial charge in [0.2, 0.25) is 0 Å². The molecule has 0 saturated heterocycles. The molecule has 0 radical (unpaired) electrons. The number of benzene rings is 3. The molecule has 0 aromatic heterocycles. The predicted molar refractivity (Wildman–Crippen MR) is 121 cm³/mol. The van der Waals surface area contributed by atoms with E-state index in [4.69, 9.17) is 9.47 Å². The van der Waals surface area contributed by atoms with Gasteiger partial charge in [0.15, 0.2) is 5.76 Å². The molecular formula is C26H18N2O3. The minimum atomic E-state index is -0.519. The van der Waals surface area contributed by atoms with Crippen molar-refractivity contribution in [3.05, 3.63) is 113 Å². The van der Waals surface area contributed by atoms with E-state index in [1.807, 2.05) is 66.7 Å². The maximum Gasteiger partial charge on any atom is 0.334 e. The van der Waals surface area contributed by atoms with Gasteiger partial charge in [-0.05, 0) is 11.1 Å². The van der Waals surface area contributed by atoms with E-state index in [-0.39, 0.29) is 0 Å². The molecule has 0 spiro atoms. The third-order valence-electron chi connectivity index (χ3n) is 5.16. The first-order valence-corrected chi connectivity index (χ1v) is 9.84.